The van der Waals surface area contributed by atoms with Crippen LogP contribution in [0.2, 0.25) is 0 Å². The molecule has 0 amide bonds. The second-order valence-electron chi connectivity index (χ2n) is 13.4. The molecule has 0 unspecified atom stereocenters. The molecule has 0 fully saturated rings. The van der Waals surface area contributed by atoms with Gasteiger partial charge in [-0.25, -0.2) is 20.0 Å². The van der Waals surface area contributed by atoms with Gasteiger partial charge in [0, 0.05) is 0 Å². The molecule has 5 rings (SSSR count). The molecule has 0 atom stereocenters. The van der Waals surface area contributed by atoms with Gasteiger partial charge in [-0.05, 0) is 24.3 Å². The molecule has 68 heavy (non-hydrogen) atoms. The molecule has 0 N–H and O–H groups in total. The largest absolute Gasteiger partial charge is 0.460 e. The maximum atomic E-state index is 15.9. The minimum Gasteiger partial charge on any atom is -0.248 e. The summed E-state index contributed by atoms with van der Waals surface area (Å²) in [6.45, 7) is 0. The smallest absolute Gasteiger partial charge is 0.248 e. The molecule has 0 spiro atoms. The highest BCUT2D eigenvalue weighted by Gasteiger charge is 2.79. The zero-order chi connectivity index (χ0) is 52.9. The summed E-state index contributed by atoms with van der Waals surface area (Å²) < 4.78 is 408. The molecule has 5 heterocycles. The van der Waals surface area contributed by atoms with Crippen LogP contribution in [0, 0.1) is 0 Å². The van der Waals surface area contributed by atoms with Crippen molar-refractivity contribution in [1.82, 2.24) is 0 Å². The highest BCUT2D eigenvalue weighted by molar-refractivity contribution is 6.55. The second-order valence-corrected chi connectivity index (χ2v) is 14.9. The van der Waals surface area contributed by atoms with E-state index in [0.717, 1.165) is 0 Å². The van der Waals surface area contributed by atoms with Gasteiger partial charge < -0.3 is 0 Å². The average molecular weight is 1120 g/mol. The van der Waals surface area contributed by atoms with Gasteiger partial charge in [-0.1, -0.05) is 46.4 Å². The van der Waals surface area contributed by atoms with Crippen molar-refractivity contribution in [2.45, 2.75) is 72.1 Å². The summed E-state index contributed by atoms with van der Waals surface area (Å²) in [6.07, 6.45) is -33.1. The van der Waals surface area contributed by atoms with Crippen molar-refractivity contribution in [3.8, 4) is 0 Å². The van der Waals surface area contributed by atoms with Crippen molar-refractivity contribution in [1.29, 1.82) is 0 Å². The molecule has 0 radical (unpaired) electrons. The van der Waals surface area contributed by atoms with Crippen LogP contribution >= 0.6 is 46.4 Å². The van der Waals surface area contributed by atoms with E-state index < -0.39 is 184 Å². The number of hydrogen-bond acceptors (Lipinski definition) is 4. The normalized spacial score (nSPS) is 20.2. The van der Waals surface area contributed by atoms with Gasteiger partial charge in [0.2, 0.25) is 0 Å². The predicted molar refractivity (Wildman–Crippen MR) is 177 cm³/mol. The maximum absolute atomic E-state index is 15.9. The lowest BCUT2D eigenvalue weighted by Gasteiger charge is -2.31. The Kier molecular flexibility index (Phi) is 12.6. The minimum atomic E-state index is -7.69. The number of rotatable bonds is 8. The van der Waals surface area contributed by atoms with Crippen LogP contribution in [0.25, 0.3) is 0 Å². The summed E-state index contributed by atoms with van der Waals surface area (Å²) in [5.41, 5.74) is -35.9. The third kappa shape index (κ3) is 7.56. The number of aliphatic imine (C=N–C) groups is 4. The van der Waals surface area contributed by atoms with Gasteiger partial charge in [0.05, 0.1) is 88.1 Å². The molecule has 0 saturated carbocycles. The summed E-state index contributed by atoms with van der Waals surface area (Å²) in [6, 6.07) is 0. The molecular weight excluding hydrogens is 1110 g/mol. The molecule has 376 valence electrons. The lowest BCUT2D eigenvalue weighted by Crippen LogP contribution is -2.54. The van der Waals surface area contributed by atoms with Crippen molar-refractivity contribution < 1.29 is 123 Å². The SMILES string of the molecule is FC(F)(F)C(F)(F)C(F)(F)C1=C2C=CC(=N2)C(C(F)(F)C(F)(F)C(F)(F)F)=C2N=C(C(Cl)=C2Cl)C(C(F)(F)C(F)(F)C(F)(F)F)=C2C=CC(=N2)C(C(F)(F)C(F)(F)C(F)(F)F)=C2N=C1C(Cl)=C2Cl. The summed E-state index contributed by atoms with van der Waals surface area (Å²) in [7, 11) is 0. The third-order valence-electron chi connectivity index (χ3n) is 9.17. The molecule has 36 heteroatoms. The molecule has 0 aliphatic carbocycles. The van der Waals surface area contributed by atoms with Crippen molar-refractivity contribution in [2.24, 2.45) is 20.0 Å². The Morgan fingerprint density at radius 3 is 0.721 bits per heavy atom. The number of halogens is 32. The fraction of sp³-hybridized carbons (Fsp3) is 0.375. The Labute approximate surface area is 373 Å². The van der Waals surface area contributed by atoms with E-state index in [4.69, 9.17) is 46.4 Å². The highest BCUT2D eigenvalue weighted by Crippen LogP contribution is 2.59. The molecule has 0 aromatic carbocycles. The first kappa shape index (κ1) is 54.7. The zero-order valence-electron chi connectivity index (χ0n) is 30.2. The summed E-state index contributed by atoms with van der Waals surface area (Å²) >= 11 is 22.4. The monoisotopic (exact) mass is 1120 g/mol. The molecule has 8 bridgehead atoms. The lowest BCUT2D eigenvalue weighted by molar-refractivity contribution is -0.343. The van der Waals surface area contributed by atoms with E-state index in [9.17, 15) is 87.8 Å². The van der Waals surface area contributed by atoms with Crippen LogP contribution in [-0.2, 0) is 0 Å². The van der Waals surface area contributed by atoms with Gasteiger partial charge in [-0.3, -0.25) is 0 Å². The summed E-state index contributed by atoms with van der Waals surface area (Å²) in [5, 5.41) is -9.57. The highest BCUT2D eigenvalue weighted by atomic mass is 35.5. The van der Waals surface area contributed by atoms with E-state index in [1.54, 1.807) is 0 Å². The van der Waals surface area contributed by atoms with Crippen LogP contribution in [0.15, 0.2) is 109 Å². The maximum Gasteiger partial charge on any atom is 0.460 e. The molecule has 5 aliphatic heterocycles. The van der Waals surface area contributed by atoms with E-state index in [1.165, 1.54) is 0 Å². The van der Waals surface area contributed by atoms with Crippen LogP contribution in [-0.4, -0.2) is 94.9 Å². The Hall–Kier alpha value is -4.20. The van der Waals surface area contributed by atoms with E-state index >= 15 is 35.1 Å². The topological polar surface area (TPSA) is 49.4 Å². The van der Waals surface area contributed by atoms with Crippen LogP contribution in [0.5, 0.6) is 0 Å². The Balaban J connectivity index is 2.21. The van der Waals surface area contributed by atoms with Gasteiger partial charge in [0.15, 0.2) is 0 Å². The Morgan fingerprint density at radius 2 is 0.500 bits per heavy atom. The summed E-state index contributed by atoms with van der Waals surface area (Å²) in [5.74, 6) is -60.0. The first-order valence-electron chi connectivity index (χ1n) is 16.2. The van der Waals surface area contributed by atoms with Crippen LogP contribution < -0.4 is 0 Å². The van der Waals surface area contributed by atoms with Gasteiger partial charge >= 0.3 is 72.1 Å². The molecule has 0 aromatic heterocycles. The number of hydrogen-bond donors (Lipinski definition) is 0. The summed E-state index contributed by atoms with van der Waals surface area (Å²) in [4.78, 5) is 10.2. The standard InChI is InChI=1S/C32H4Cl4F28N4/c33-13-14(34)19-11(23(41,42)27(49,50)31(59,60)61)7-3-4-8(66-7)12(24(43,44)28(51,52)32(62,63)64)20-16(36)15(35)18(68-20)10(22(39,40)26(47,48)30(56,57)58)6-2-1-5(65-6)9(17(13)67-19)21(37,38)25(45,46)29(53,54)55/h1-4H. The first-order valence-corrected chi connectivity index (χ1v) is 17.7. The fourth-order valence-corrected chi connectivity index (χ4v) is 6.75. The number of allylic oxidation sites excluding steroid dienone is 12. The van der Waals surface area contributed by atoms with E-state index in [0.29, 0.717) is 0 Å². The van der Waals surface area contributed by atoms with Crippen LogP contribution in [0.3, 0.4) is 0 Å². The Bertz CT molecular complexity index is 2470. The molecule has 5 aliphatic rings. The van der Waals surface area contributed by atoms with Crippen LogP contribution in [0.1, 0.15) is 0 Å². The second kappa shape index (κ2) is 15.6. The van der Waals surface area contributed by atoms with Crippen molar-refractivity contribution in [3.63, 3.8) is 0 Å². The third-order valence-corrected chi connectivity index (χ3v) is 10.8. The van der Waals surface area contributed by atoms with Crippen LogP contribution in [0.4, 0.5) is 123 Å². The Morgan fingerprint density at radius 1 is 0.279 bits per heavy atom. The lowest BCUT2D eigenvalue weighted by atomic mass is 9.94. The molecule has 0 saturated heterocycles. The number of alkyl halides is 28. The zero-order valence-corrected chi connectivity index (χ0v) is 33.2. The van der Waals surface area contributed by atoms with Gasteiger partial charge in [-0.15, -0.1) is 0 Å². The number of fused-ring (bicyclic) bond motifs is 4. The van der Waals surface area contributed by atoms with Crippen molar-refractivity contribution >= 4 is 69.3 Å². The van der Waals surface area contributed by atoms with Gasteiger partial charge in [-0.2, -0.15) is 123 Å². The van der Waals surface area contributed by atoms with Gasteiger partial charge in [0.25, 0.3) is 0 Å². The minimum absolute atomic E-state index is 0.667. The fourth-order valence-electron chi connectivity index (χ4n) is 5.84. The van der Waals surface area contributed by atoms with Crippen molar-refractivity contribution in [3.05, 3.63) is 89.5 Å². The predicted octanol–water partition coefficient (Wildman–Crippen LogP) is 14.7. The van der Waals surface area contributed by atoms with E-state index in [2.05, 4.69) is 20.0 Å². The molecule has 0 aromatic rings. The molecular formula is C32H4Cl4F28N4. The van der Waals surface area contributed by atoms with E-state index in [1.807, 2.05) is 0 Å². The number of nitrogens with zero attached hydrogens (tertiary/aromatic N) is 4. The first-order chi connectivity index (χ1) is 30.0. The molecule has 4 nitrogen and oxygen atoms in total. The average Bonchev–Trinajstić information content (AvgIpc) is 3.93. The van der Waals surface area contributed by atoms with Crippen molar-refractivity contribution in [2.75, 3.05) is 0 Å². The van der Waals surface area contributed by atoms with E-state index in [-0.39, 0.29) is 0 Å². The quantitative estimate of drug-likeness (QED) is 0.218. The van der Waals surface area contributed by atoms with Gasteiger partial charge in [0.1, 0.15) is 0 Å².